The van der Waals surface area contributed by atoms with Crippen LogP contribution in [-0.4, -0.2) is 43.5 Å². The largest absolute Gasteiger partial charge is 0.368 e. The Bertz CT molecular complexity index is 263. The molecule has 0 aromatic rings. The summed E-state index contributed by atoms with van der Waals surface area (Å²) < 4.78 is 0. The molecule has 0 aromatic carbocycles. The fourth-order valence-electron chi connectivity index (χ4n) is 2.37. The lowest BCUT2D eigenvalue weighted by Crippen LogP contribution is -2.61. The van der Waals surface area contributed by atoms with Gasteiger partial charge in [0.25, 0.3) is 0 Å². The molecule has 0 aliphatic heterocycles. The van der Waals surface area contributed by atoms with Crippen LogP contribution in [0.4, 0.5) is 0 Å². The SMILES string of the molecule is CNC(CN(C)CCC(C)C)(C(N)=O)C1CC1. The Hall–Kier alpha value is -0.610. The van der Waals surface area contributed by atoms with Gasteiger partial charge in [0.15, 0.2) is 0 Å². The van der Waals surface area contributed by atoms with Gasteiger partial charge < -0.3 is 16.0 Å². The van der Waals surface area contributed by atoms with Crippen LogP contribution in [-0.2, 0) is 4.79 Å². The third-order valence-corrected chi connectivity index (χ3v) is 3.77. The molecule has 4 heteroatoms. The van der Waals surface area contributed by atoms with Crippen LogP contribution in [0, 0.1) is 11.8 Å². The number of nitrogens with two attached hydrogens (primary N) is 1. The molecule has 0 aromatic heterocycles. The molecule has 4 nitrogen and oxygen atoms in total. The zero-order valence-corrected chi connectivity index (χ0v) is 11.6. The van der Waals surface area contributed by atoms with E-state index in [1.165, 1.54) is 0 Å². The number of carbonyl (C=O) groups excluding carboxylic acids is 1. The van der Waals surface area contributed by atoms with Crippen LogP contribution in [0.25, 0.3) is 0 Å². The number of primary amides is 1. The first kappa shape index (κ1) is 14.5. The summed E-state index contributed by atoms with van der Waals surface area (Å²) in [5, 5.41) is 3.18. The monoisotopic (exact) mass is 241 g/mol. The normalized spacial score (nSPS) is 19.6. The molecule has 1 amide bonds. The number of carbonyl (C=O) groups is 1. The third-order valence-electron chi connectivity index (χ3n) is 3.77. The summed E-state index contributed by atoms with van der Waals surface area (Å²) in [5.41, 5.74) is 5.08. The fourth-order valence-corrected chi connectivity index (χ4v) is 2.37. The smallest absolute Gasteiger partial charge is 0.239 e. The first-order chi connectivity index (χ1) is 7.92. The van der Waals surface area contributed by atoms with Gasteiger partial charge in [-0.05, 0) is 51.7 Å². The highest BCUT2D eigenvalue weighted by atomic mass is 16.1. The number of rotatable bonds is 8. The van der Waals surface area contributed by atoms with Gasteiger partial charge in [0.1, 0.15) is 5.54 Å². The Kier molecular flexibility index (Phi) is 4.95. The number of likely N-dealkylation sites (N-methyl/N-ethyl adjacent to an activating group) is 2. The Labute approximate surface area is 105 Å². The standard InChI is InChI=1S/C13H27N3O/c1-10(2)7-8-16(4)9-13(15-3,12(14)17)11-5-6-11/h10-11,15H,5-9H2,1-4H3,(H2,14,17). The van der Waals surface area contributed by atoms with Gasteiger partial charge in [-0.3, -0.25) is 4.79 Å². The van der Waals surface area contributed by atoms with Gasteiger partial charge in [-0.2, -0.15) is 0 Å². The van der Waals surface area contributed by atoms with Crippen molar-refractivity contribution in [2.24, 2.45) is 17.6 Å². The highest BCUT2D eigenvalue weighted by Gasteiger charge is 2.49. The van der Waals surface area contributed by atoms with E-state index in [-0.39, 0.29) is 5.91 Å². The Morgan fingerprint density at radius 1 is 1.53 bits per heavy atom. The Balaban J connectivity index is 2.56. The summed E-state index contributed by atoms with van der Waals surface area (Å²) >= 11 is 0. The highest BCUT2D eigenvalue weighted by Crippen LogP contribution is 2.39. The van der Waals surface area contributed by atoms with Crippen molar-refractivity contribution in [3.63, 3.8) is 0 Å². The van der Waals surface area contributed by atoms with Crippen molar-refractivity contribution < 1.29 is 4.79 Å². The molecule has 1 atom stereocenters. The summed E-state index contributed by atoms with van der Waals surface area (Å²) in [6.45, 7) is 6.17. The van der Waals surface area contributed by atoms with E-state index in [0.717, 1.165) is 32.4 Å². The number of amides is 1. The van der Waals surface area contributed by atoms with E-state index in [9.17, 15) is 4.79 Å². The second kappa shape index (κ2) is 5.83. The van der Waals surface area contributed by atoms with Gasteiger partial charge in [0.05, 0.1) is 0 Å². The predicted molar refractivity (Wildman–Crippen MR) is 70.7 cm³/mol. The number of nitrogens with zero attached hydrogens (tertiary/aromatic N) is 1. The summed E-state index contributed by atoms with van der Waals surface area (Å²) in [4.78, 5) is 14.0. The molecule has 1 unspecified atom stereocenters. The van der Waals surface area contributed by atoms with Crippen LogP contribution in [0.1, 0.15) is 33.1 Å². The minimum Gasteiger partial charge on any atom is -0.368 e. The topological polar surface area (TPSA) is 58.4 Å². The predicted octanol–water partition coefficient (Wildman–Crippen LogP) is 0.818. The maximum atomic E-state index is 11.7. The minimum atomic E-state index is -0.522. The molecule has 17 heavy (non-hydrogen) atoms. The Morgan fingerprint density at radius 3 is 2.47 bits per heavy atom. The lowest BCUT2D eigenvalue weighted by atomic mass is 9.91. The van der Waals surface area contributed by atoms with E-state index >= 15 is 0 Å². The summed E-state index contributed by atoms with van der Waals surface area (Å²) in [6, 6.07) is 0. The van der Waals surface area contributed by atoms with Crippen LogP contribution < -0.4 is 11.1 Å². The van der Waals surface area contributed by atoms with Gasteiger partial charge in [-0.1, -0.05) is 13.8 Å². The molecule has 1 fully saturated rings. The van der Waals surface area contributed by atoms with Crippen molar-refractivity contribution in [1.29, 1.82) is 0 Å². The second-order valence-corrected chi connectivity index (χ2v) is 5.78. The van der Waals surface area contributed by atoms with Crippen molar-refractivity contribution in [2.75, 3.05) is 27.2 Å². The van der Waals surface area contributed by atoms with E-state index < -0.39 is 5.54 Å². The van der Waals surface area contributed by atoms with E-state index in [1.807, 2.05) is 7.05 Å². The molecule has 1 aliphatic rings. The number of hydrogen-bond donors (Lipinski definition) is 2. The zero-order valence-electron chi connectivity index (χ0n) is 11.6. The highest BCUT2D eigenvalue weighted by molar-refractivity contribution is 5.85. The van der Waals surface area contributed by atoms with Crippen molar-refractivity contribution >= 4 is 5.91 Å². The second-order valence-electron chi connectivity index (χ2n) is 5.78. The first-order valence-electron chi connectivity index (χ1n) is 6.59. The van der Waals surface area contributed by atoms with Crippen LogP contribution in [0.3, 0.4) is 0 Å². The number of nitrogens with one attached hydrogen (secondary N) is 1. The molecule has 1 rings (SSSR count). The molecule has 100 valence electrons. The van der Waals surface area contributed by atoms with E-state index in [0.29, 0.717) is 11.8 Å². The van der Waals surface area contributed by atoms with Gasteiger partial charge >= 0.3 is 0 Å². The summed E-state index contributed by atoms with van der Waals surface area (Å²) in [6.07, 6.45) is 3.38. The first-order valence-corrected chi connectivity index (χ1v) is 6.59. The van der Waals surface area contributed by atoms with Gasteiger partial charge in [0, 0.05) is 6.54 Å². The third kappa shape index (κ3) is 3.68. The van der Waals surface area contributed by atoms with E-state index in [1.54, 1.807) is 0 Å². The molecule has 0 spiro atoms. The molecule has 0 saturated heterocycles. The molecular weight excluding hydrogens is 214 g/mol. The number of hydrogen-bond acceptors (Lipinski definition) is 3. The van der Waals surface area contributed by atoms with Crippen molar-refractivity contribution in [1.82, 2.24) is 10.2 Å². The van der Waals surface area contributed by atoms with Crippen molar-refractivity contribution in [3.8, 4) is 0 Å². The van der Waals surface area contributed by atoms with Crippen LogP contribution in [0.15, 0.2) is 0 Å². The summed E-state index contributed by atoms with van der Waals surface area (Å²) in [5.74, 6) is 0.904. The lowest BCUT2D eigenvalue weighted by molar-refractivity contribution is -0.125. The lowest BCUT2D eigenvalue weighted by Gasteiger charge is -2.34. The molecule has 1 aliphatic carbocycles. The van der Waals surface area contributed by atoms with Crippen molar-refractivity contribution in [2.45, 2.75) is 38.6 Å². The molecular formula is C13H27N3O. The quantitative estimate of drug-likeness (QED) is 0.661. The average Bonchev–Trinajstić information content (AvgIpc) is 3.06. The Morgan fingerprint density at radius 2 is 2.12 bits per heavy atom. The maximum absolute atomic E-state index is 11.7. The maximum Gasteiger partial charge on any atom is 0.239 e. The zero-order chi connectivity index (χ0) is 13.1. The van der Waals surface area contributed by atoms with E-state index in [4.69, 9.17) is 5.73 Å². The van der Waals surface area contributed by atoms with Crippen LogP contribution >= 0.6 is 0 Å². The summed E-state index contributed by atoms with van der Waals surface area (Å²) in [7, 11) is 3.92. The van der Waals surface area contributed by atoms with Crippen LogP contribution in [0.5, 0.6) is 0 Å². The fraction of sp³-hybridized carbons (Fsp3) is 0.923. The van der Waals surface area contributed by atoms with Gasteiger partial charge in [0.2, 0.25) is 5.91 Å². The molecule has 3 N–H and O–H groups in total. The average molecular weight is 241 g/mol. The van der Waals surface area contributed by atoms with Gasteiger partial charge in [-0.25, -0.2) is 0 Å². The molecule has 0 bridgehead atoms. The molecule has 1 saturated carbocycles. The minimum absolute atomic E-state index is 0.209. The molecule has 0 heterocycles. The van der Waals surface area contributed by atoms with E-state index in [2.05, 4.69) is 31.1 Å². The molecule has 0 radical (unpaired) electrons. The van der Waals surface area contributed by atoms with Crippen LogP contribution in [0.2, 0.25) is 0 Å². The van der Waals surface area contributed by atoms with Gasteiger partial charge in [-0.15, -0.1) is 0 Å². The van der Waals surface area contributed by atoms with Crippen molar-refractivity contribution in [3.05, 3.63) is 0 Å².